The molecule has 0 amide bonds. The van der Waals surface area contributed by atoms with E-state index in [1.807, 2.05) is 0 Å². The lowest BCUT2D eigenvalue weighted by Gasteiger charge is -2.00. The van der Waals surface area contributed by atoms with E-state index < -0.39 is 0 Å². The van der Waals surface area contributed by atoms with Gasteiger partial charge in [0.2, 0.25) is 0 Å². The Labute approximate surface area is 125 Å². The normalized spacial score (nSPS) is 9.25. The molecule has 16 heavy (non-hydrogen) atoms. The van der Waals surface area contributed by atoms with Crippen LogP contribution in [0.15, 0.2) is 0 Å². The van der Waals surface area contributed by atoms with Crippen LogP contribution >= 0.6 is 25.8 Å². The highest BCUT2D eigenvalue weighted by Crippen LogP contribution is 2.10. The quantitative estimate of drug-likeness (QED) is 0.308. The summed E-state index contributed by atoms with van der Waals surface area (Å²) in [5.41, 5.74) is 0. The zero-order chi connectivity index (χ0) is 12.5. The first-order valence-corrected chi connectivity index (χ1v) is 14.5. The van der Waals surface area contributed by atoms with Crippen molar-refractivity contribution >= 4 is 41.8 Å². The average Bonchev–Trinajstić information content (AvgIpc) is 2.28. The fraction of sp³-hybridized carbons (Fsp3) is 0.923. The van der Waals surface area contributed by atoms with Crippen LogP contribution in [0, 0.1) is 6.92 Å². The van der Waals surface area contributed by atoms with Gasteiger partial charge in [0.1, 0.15) is 0 Å². The second-order valence-corrected chi connectivity index (χ2v) is 12.2. The zero-order valence-electron chi connectivity index (χ0n) is 10.9. The molecule has 0 saturated carbocycles. The first-order chi connectivity index (χ1) is 7.83. The van der Waals surface area contributed by atoms with Crippen molar-refractivity contribution in [2.45, 2.75) is 77.6 Å². The molecule has 0 bridgehead atoms. The molecule has 0 nitrogen and oxygen atoms in total. The van der Waals surface area contributed by atoms with Crippen LogP contribution in [0.1, 0.15) is 77.6 Å². The summed E-state index contributed by atoms with van der Waals surface area (Å²) in [6, 6.07) is 0. The van der Waals surface area contributed by atoms with Gasteiger partial charge in [0.05, 0.1) is 0 Å². The number of hydrogen-bond donors (Lipinski definition) is 0. The molecule has 0 atom stereocenters. The van der Waals surface area contributed by atoms with Crippen LogP contribution in [-0.2, 0) is 0 Å². The summed E-state index contributed by atoms with van der Waals surface area (Å²) in [6.07, 6.45) is 15.4. The van der Waals surface area contributed by atoms with Gasteiger partial charge in [-0.2, -0.15) is 0 Å². The van der Waals surface area contributed by atoms with E-state index in [2.05, 4.69) is 39.6 Å². The number of halogens is 2. The maximum atomic E-state index is 3.85. The Bertz CT molecular complexity index is 89.9. The van der Waals surface area contributed by atoms with E-state index in [1.165, 1.54) is 64.2 Å². The van der Waals surface area contributed by atoms with E-state index in [1.54, 1.807) is 0 Å². The lowest BCUT2D eigenvalue weighted by Crippen LogP contribution is -1.81. The van der Waals surface area contributed by atoms with Gasteiger partial charge in [-0.3, -0.25) is 25.8 Å². The topological polar surface area (TPSA) is 0 Å². The molecule has 0 aromatic heterocycles. The van der Waals surface area contributed by atoms with Gasteiger partial charge in [0.25, 0.3) is 0 Å². The highest BCUT2D eigenvalue weighted by molar-refractivity contribution is 9.47. The molecule has 0 saturated heterocycles. The molecule has 0 rings (SSSR count). The first-order valence-electron chi connectivity index (χ1n) is 6.74. The summed E-state index contributed by atoms with van der Waals surface area (Å²) in [6.45, 7) is 6.13. The lowest BCUT2D eigenvalue weighted by atomic mass is 10.1. The summed E-state index contributed by atoms with van der Waals surface area (Å²) in [7, 11) is 0. The van der Waals surface area contributed by atoms with Crippen LogP contribution in [0.3, 0.4) is 0 Å². The second kappa shape index (κ2) is 22.0. The van der Waals surface area contributed by atoms with Crippen LogP contribution in [0.4, 0.5) is 0 Å². The van der Waals surface area contributed by atoms with Crippen LogP contribution in [0.25, 0.3) is 0 Å². The van der Waals surface area contributed by atoms with Crippen LogP contribution in [-0.4, -0.2) is 16.0 Å². The Morgan fingerprint density at radius 2 is 1.06 bits per heavy atom. The van der Waals surface area contributed by atoms with Gasteiger partial charge in [-0.05, 0) is 0 Å². The van der Waals surface area contributed by atoms with Crippen LogP contribution < -0.4 is 0 Å². The fourth-order valence-electron chi connectivity index (χ4n) is 1.66. The van der Waals surface area contributed by atoms with Crippen molar-refractivity contribution in [3.63, 3.8) is 0 Å². The van der Waals surface area contributed by atoms with E-state index in [-0.39, 0.29) is 16.0 Å². The number of rotatable bonds is 10. The molecule has 0 N–H and O–H groups in total. The van der Waals surface area contributed by atoms with Crippen LogP contribution in [0.5, 0.6) is 0 Å². The minimum absolute atomic E-state index is 0.0417. The number of hydrogen-bond acceptors (Lipinski definition) is 0. The van der Waals surface area contributed by atoms with Crippen LogP contribution in [0.2, 0.25) is 0 Å². The van der Waals surface area contributed by atoms with E-state index in [4.69, 9.17) is 0 Å². The Balaban J connectivity index is 0. The Morgan fingerprint density at radius 1 is 0.750 bits per heavy atom. The van der Waals surface area contributed by atoms with E-state index in [9.17, 15) is 0 Å². The smallest absolute Gasteiger partial charge is 0.280 e. The summed E-state index contributed by atoms with van der Waals surface area (Å²) in [4.78, 5) is 0. The van der Waals surface area contributed by atoms with E-state index in [0.717, 1.165) is 6.42 Å². The molecule has 0 aliphatic rings. The fourth-order valence-corrected chi connectivity index (χ4v) is 1.66. The molecule has 0 aromatic carbocycles. The first kappa shape index (κ1) is 20.1. The maximum absolute atomic E-state index is 3.85. The Morgan fingerprint density at radius 3 is 1.38 bits per heavy atom. The van der Waals surface area contributed by atoms with Crippen molar-refractivity contribution in [2.75, 3.05) is 0 Å². The SMILES string of the molecule is [Br][Mg][Br].[CH2]CCCCCCCCCCCC. The van der Waals surface area contributed by atoms with E-state index >= 15 is 0 Å². The molecule has 0 aliphatic carbocycles. The molecular weight excluding hydrogens is 340 g/mol. The Hall–Kier alpha value is 1.73. The summed E-state index contributed by atoms with van der Waals surface area (Å²) >= 11 is 6.44. The highest BCUT2D eigenvalue weighted by atomic mass is 79.9. The summed E-state index contributed by atoms with van der Waals surface area (Å²) < 4.78 is 0. The third kappa shape index (κ3) is 24.8. The van der Waals surface area contributed by atoms with Crippen molar-refractivity contribution < 1.29 is 0 Å². The third-order valence-corrected chi connectivity index (χ3v) is 2.60. The average molecular weight is 367 g/mol. The molecule has 0 aliphatic heterocycles. The summed E-state index contributed by atoms with van der Waals surface area (Å²) in [5.74, 6) is 0. The standard InChI is InChI=1S/C13H27.2BrH.Mg/c1-3-5-7-9-11-13-12-10-8-6-4-2;;;/h1,3-13H2,2H3;2*1H;/q;;;+2/p-2. The number of unbranched alkanes of at least 4 members (excludes halogenated alkanes) is 10. The lowest BCUT2D eigenvalue weighted by molar-refractivity contribution is 0.557. The van der Waals surface area contributed by atoms with Gasteiger partial charge < -0.3 is 0 Å². The van der Waals surface area contributed by atoms with E-state index in [0.29, 0.717) is 0 Å². The molecule has 0 aromatic rings. The van der Waals surface area contributed by atoms with Gasteiger partial charge in [0, 0.05) is 0 Å². The van der Waals surface area contributed by atoms with Gasteiger partial charge in [0.15, 0.2) is 0 Å². The molecular formula is C13H27Br2Mg. The van der Waals surface area contributed by atoms with Gasteiger partial charge >= 0.3 is 16.0 Å². The molecule has 0 spiro atoms. The highest BCUT2D eigenvalue weighted by Gasteiger charge is 1.90. The van der Waals surface area contributed by atoms with Gasteiger partial charge in [-0.25, -0.2) is 0 Å². The van der Waals surface area contributed by atoms with Crippen molar-refractivity contribution in [2.24, 2.45) is 0 Å². The zero-order valence-corrected chi connectivity index (χ0v) is 15.5. The maximum Gasteiger partial charge on any atom is 0.560 e. The predicted octanol–water partition coefficient (Wildman–Crippen LogP) is 6.44. The predicted molar refractivity (Wildman–Crippen MR) is 85.4 cm³/mol. The van der Waals surface area contributed by atoms with Gasteiger partial charge in [-0.1, -0.05) is 84.5 Å². The van der Waals surface area contributed by atoms with Crippen molar-refractivity contribution in [3.05, 3.63) is 6.92 Å². The molecule has 0 fully saturated rings. The van der Waals surface area contributed by atoms with Gasteiger partial charge in [-0.15, -0.1) is 0 Å². The Kier molecular flexibility index (Phi) is 27.5. The van der Waals surface area contributed by atoms with Crippen molar-refractivity contribution in [1.82, 2.24) is 0 Å². The minimum Gasteiger partial charge on any atom is -0.280 e. The molecule has 95 valence electrons. The molecule has 3 heteroatoms. The third-order valence-electron chi connectivity index (χ3n) is 2.60. The van der Waals surface area contributed by atoms with Crippen molar-refractivity contribution in [3.8, 4) is 0 Å². The monoisotopic (exact) mass is 365 g/mol. The molecule has 1 radical (unpaired) electrons. The largest absolute Gasteiger partial charge is 0.560 e. The minimum atomic E-state index is 0.0417. The molecule has 0 unspecified atom stereocenters. The second-order valence-electron chi connectivity index (χ2n) is 4.14. The van der Waals surface area contributed by atoms with Crippen molar-refractivity contribution in [1.29, 1.82) is 0 Å². The summed E-state index contributed by atoms with van der Waals surface area (Å²) in [5, 5.41) is 0. The molecule has 0 heterocycles.